The Morgan fingerprint density at radius 1 is 1.39 bits per heavy atom. The Morgan fingerprint density at radius 3 is 2.96 bits per heavy atom. The van der Waals surface area contributed by atoms with Crippen molar-refractivity contribution >= 4 is 11.6 Å². The molecule has 0 aliphatic rings. The first kappa shape index (κ1) is 15.1. The Labute approximate surface area is 131 Å². The number of hydrogen-bond acceptors (Lipinski definition) is 5. The third kappa shape index (κ3) is 2.55. The topological polar surface area (TPSA) is 76.7 Å². The average molecular weight is 315 g/mol. The molecule has 0 unspecified atom stereocenters. The molecule has 1 N–H and O–H groups in total. The highest BCUT2D eigenvalue weighted by Crippen LogP contribution is 2.29. The third-order valence-corrected chi connectivity index (χ3v) is 3.38. The van der Waals surface area contributed by atoms with Crippen LogP contribution >= 0.6 is 0 Å². The lowest BCUT2D eigenvalue weighted by atomic mass is 10.0. The monoisotopic (exact) mass is 315 g/mol. The van der Waals surface area contributed by atoms with E-state index in [4.69, 9.17) is 4.74 Å². The van der Waals surface area contributed by atoms with E-state index in [1.165, 1.54) is 22.8 Å². The fraction of sp³-hybridized carbons (Fsp3) is 0.188. The summed E-state index contributed by atoms with van der Waals surface area (Å²) in [5.41, 5.74) is 0.763. The van der Waals surface area contributed by atoms with Crippen molar-refractivity contribution in [1.29, 1.82) is 0 Å². The zero-order valence-electron chi connectivity index (χ0n) is 12.4. The highest BCUT2D eigenvalue weighted by atomic mass is 19.1. The van der Waals surface area contributed by atoms with Crippen LogP contribution in [-0.2, 0) is 11.3 Å². The minimum atomic E-state index is -0.621. The van der Waals surface area contributed by atoms with Crippen molar-refractivity contribution in [2.24, 2.45) is 0 Å². The number of ether oxygens (including phenoxy) is 1. The number of esters is 1. The molecule has 0 aliphatic heterocycles. The second-order valence-electron chi connectivity index (χ2n) is 4.77. The van der Waals surface area contributed by atoms with Gasteiger partial charge in [0.15, 0.2) is 5.65 Å². The highest BCUT2D eigenvalue weighted by molar-refractivity contribution is 6.02. The zero-order chi connectivity index (χ0) is 16.4. The average Bonchev–Trinajstić information content (AvgIpc) is 2.94. The predicted octanol–water partition coefficient (Wildman–Crippen LogP) is 2.20. The van der Waals surface area contributed by atoms with E-state index < -0.39 is 18.4 Å². The fourth-order valence-corrected chi connectivity index (χ4v) is 2.35. The largest absolute Gasteiger partial charge is 0.462 e. The van der Waals surface area contributed by atoms with Crippen molar-refractivity contribution in [2.45, 2.75) is 13.5 Å². The van der Waals surface area contributed by atoms with Crippen LogP contribution in [0.5, 0.6) is 0 Å². The van der Waals surface area contributed by atoms with Crippen molar-refractivity contribution in [3.05, 3.63) is 53.6 Å². The molecular weight excluding hydrogens is 301 g/mol. The summed E-state index contributed by atoms with van der Waals surface area (Å²) in [4.78, 5) is 16.4. The SMILES string of the molecule is CCOC(=O)c1c(-c2cccc(CO)c2F)nn2cccnc12. The standard InChI is InChI=1S/C16H14FN3O3/c1-2-23-16(22)12-14(19-20-8-4-7-18-15(12)20)11-6-3-5-10(9-21)13(11)17/h3-8,21H,2,9H2,1H3. The molecule has 23 heavy (non-hydrogen) atoms. The fourth-order valence-electron chi connectivity index (χ4n) is 2.35. The van der Waals surface area contributed by atoms with E-state index in [2.05, 4.69) is 10.1 Å². The van der Waals surface area contributed by atoms with Gasteiger partial charge in [-0.05, 0) is 19.1 Å². The lowest BCUT2D eigenvalue weighted by Gasteiger charge is -2.06. The molecule has 1 aromatic carbocycles. The van der Waals surface area contributed by atoms with Crippen molar-refractivity contribution in [3.63, 3.8) is 0 Å². The number of aromatic nitrogens is 3. The van der Waals surface area contributed by atoms with Gasteiger partial charge in [0.25, 0.3) is 0 Å². The van der Waals surface area contributed by atoms with Gasteiger partial charge in [-0.25, -0.2) is 18.7 Å². The Balaban J connectivity index is 2.29. The minimum Gasteiger partial charge on any atom is -0.462 e. The smallest absolute Gasteiger partial charge is 0.344 e. The number of rotatable bonds is 4. The number of nitrogens with zero attached hydrogens (tertiary/aromatic N) is 3. The molecule has 2 aromatic heterocycles. The first-order chi connectivity index (χ1) is 11.2. The quantitative estimate of drug-likeness (QED) is 0.747. The maximum Gasteiger partial charge on any atom is 0.344 e. The number of benzene rings is 1. The van der Waals surface area contributed by atoms with Gasteiger partial charge < -0.3 is 9.84 Å². The summed E-state index contributed by atoms with van der Waals surface area (Å²) in [5, 5.41) is 13.5. The molecule has 0 saturated heterocycles. The van der Waals surface area contributed by atoms with E-state index >= 15 is 0 Å². The van der Waals surface area contributed by atoms with Crippen LogP contribution in [0.2, 0.25) is 0 Å². The Kier molecular flexibility index (Phi) is 4.03. The van der Waals surface area contributed by atoms with Crippen LogP contribution in [0.3, 0.4) is 0 Å². The van der Waals surface area contributed by atoms with E-state index in [0.29, 0.717) is 0 Å². The van der Waals surface area contributed by atoms with Crippen LogP contribution in [0.1, 0.15) is 22.8 Å². The lowest BCUT2D eigenvalue weighted by Crippen LogP contribution is -2.07. The molecule has 0 atom stereocenters. The normalized spacial score (nSPS) is 10.9. The first-order valence-corrected chi connectivity index (χ1v) is 7.06. The third-order valence-electron chi connectivity index (χ3n) is 3.38. The summed E-state index contributed by atoms with van der Waals surface area (Å²) in [5.74, 6) is -1.24. The molecule has 0 bridgehead atoms. The molecule has 3 aromatic rings. The van der Waals surface area contributed by atoms with Gasteiger partial charge in [-0.2, -0.15) is 5.10 Å². The van der Waals surface area contributed by atoms with Crippen LogP contribution < -0.4 is 0 Å². The maximum absolute atomic E-state index is 14.5. The second kappa shape index (κ2) is 6.13. The molecule has 3 rings (SSSR count). The van der Waals surface area contributed by atoms with Crippen molar-refractivity contribution in [2.75, 3.05) is 6.61 Å². The van der Waals surface area contributed by atoms with Gasteiger partial charge in [0, 0.05) is 23.5 Å². The Hall–Kier alpha value is -2.80. The van der Waals surface area contributed by atoms with Crippen molar-refractivity contribution in [1.82, 2.24) is 14.6 Å². The number of aliphatic hydroxyl groups excluding tert-OH is 1. The number of fused-ring (bicyclic) bond motifs is 1. The van der Waals surface area contributed by atoms with Gasteiger partial charge in [0.05, 0.1) is 13.2 Å². The highest BCUT2D eigenvalue weighted by Gasteiger charge is 2.25. The summed E-state index contributed by atoms with van der Waals surface area (Å²) in [7, 11) is 0. The van der Waals surface area contributed by atoms with E-state index in [1.54, 1.807) is 25.3 Å². The van der Waals surface area contributed by atoms with Crippen LogP contribution in [0.15, 0.2) is 36.7 Å². The molecule has 0 saturated carbocycles. The molecular formula is C16H14FN3O3. The van der Waals surface area contributed by atoms with E-state index in [-0.39, 0.29) is 34.6 Å². The number of carbonyl (C=O) groups is 1. The summed E-state index contributed by atoms with van der Waals surface area (Å²) >= 11 is 0. The number of halogens is 1. The minimum absolute atomic E-state index is 0.0986. The van der Waals surface area contributed by atoms with Gasteiger partial charge in [0.1, 0.15) is 17.1 Å². The summed E-state index contributed by atoms with van der Waals surface area (Å²) in [6.45, 7) is 1.42. The number of aliphatic hydroxyl groups is 1. The van der Waals surface area contributed by atoms with Gasteiger partial charge in [-0.3, -0.25) is 0 Å². The zero-order valence-corrected chi connectivity index (χ0v) is 12.4. The van der Waals surface area contributed by atoms with E-state index in [1.807, 2.05) is 0 Å². The Bertz CT molecular complexity index is 876. The molecule has 0 fully saturated rings. The molecule has 6 nitrogen and oxygen atoms in total. The van der Waals surface area contributed by atoms with Crippen LogP contribution in [0, 0.1) is 5.82 Å². The predicted molar refractivity (Wildman–Crippen MR) is 80.3 cm³/mol. The summed E-state index contributed by atoms with van der Waals surface area (Å²) in [6.07, 6.45) is 3.13. The van der Waals surface area contributed by atoms with Crippen molar-refractivity contribution in [3.8, 4) is 11.3 Å². The van der Waals surface area contributed by atoms with Gasteiger partial charge >= 0.3 is 5.97 Å². The van der Waals surface area contributed by atoms with E-state index in [0.717, 1.165) is 0 Å². The van der Waals surface area contributed by atoms with Gasteiger partial charge in [-0.1, -0.05) is 12.1 Å². The van der Waals surface area contributed by atoms with Crippen LogP contribution in [0.4, 0.5) is 4.39 Å². The first-order valence-electron chi connectivity index (χ1n) is 7.06. The number of carbonyl (C=O) groups excluding carboxylic acids is 1. The summed E-state index contributed by atoms with van der Waals surface area (Å²) in [6, 6.07) is 6.21. The molecule has 0 amide bonds. The van der Waals surface area contributed by atoms with E-state index in [9.17, 15) is 14.3 Å². The van der Waals surface area contributed by atoms with Gasteiger partial charge in [0.2, 0.25) is 0 Å². The van der Waals surface area contributed by atoms with Crippen LogP contribution in [-0.4, -0.2) is 32.3 Å². The molecule has 118 valence electrons. The van der Waals surface area contributed by atoms with Crippen LogP contribution in [0.25, 0.3) is 16.9 Å². The Morgan fingerprint density at radius 2 is 2.22 bits per heavy atom. The summed E-state index contributed by atoms with van der Waals surface area (Å²) < 4.78 is 21.0. The van der Waals surface area contributed by atoms with Crippen molar-refractivity contribution < 1.29 is 19.0 Å². The number of hydrogen-bond donors (Lipinski definition) is 1. The molecule has 0 spiro atoms. The molecule has 0 aliphatic carbocycles. The second-order valence-corrected chi connectivity index (χ2v) is 4.77. The molecule has 2 heterocycles. The molecule has 0 radical (unpaired) electrons. The maximum atomic E-state index is 14.5. The van der Waals surface area contributed by atoms with Gasteiger partial charge in [-0.15, -0.1) is 0 Å². The molecule has 7 heteroatoms. The lowest BCUT2D eigenvalue weighted by molar-refractivity contribution is 0.0529.